The normalized spacial score (nSPS) is 11.6. The number of sulfonamides is 1. The highest BCUT2D eigenvalue weighted by Gasteiger charge is 2.20. The average Bonchev–Trinajstić information content (AvgIpc) is 3.12. The molecule has 1 heterocycles. The number of halogens is 1. The summed E-state index contributed by atoms with van der Waals surface area (Å²) in [6.07, 6.45) is 0.429. The van der Waals surface area contributed by atoms with Crippen LogP contribution >= 0.6 is 11.3 Å². The molecule has 0 aliphatic rings. The predicted octanol–water partition coefficient (Wildman–Crippen LogP) is 4.10. The number of nitrogens with one attached hydrogen (secondary N) is 1. The Bertz CT molecular complexity index is 1090. The Hall–Kier alpha value is -2.29. The fourth-order valence-corrected chi connectivity index (χ4v) is 4.82. The van der Waals surface area contributed by atoms with Crippen LogP contribution in [0.2, 0.25) is 0 Å². The van der Waals surface area contributed by atoms with Gasteiger partial charge in [0.1, 0.15) is 21.5 Å². The molecule has 3 rings (SSSR count). The van der Waals surface area contributed by atoms with Crippen molar-refractivity contribution < 1.29 is 17.5 Å². The van der Waals surface area contributed by atoms with Crippen molar-refractivity contribution >= 4 is 21.4 Å². The zero-order chi connectivity index (χ0) is 20.3. The maximum Gasteiger partial charge on any atom is 0.244 e. The number of ether oxygens (including phenoxy) is 1. The van der Waals surface area contributed by atoms with E-state index in [9.17, 15) is 12.8 Å². The van der Waals surface area contributed by atoms with Crippen LogP contribution < -0.4 is 9.46 Å². The van der Waals surface area contributed by atoms with Crippen molar-refractivity contribution in [3.8, 4) is 16.3 Å². The smallest absolute Gasteiger partial charge is 0.244 e. The topological polar surface area (TPSA) is 68.3 Å². The highest BCUT2D eigenvalue weighted by molar-refractivity contribution is 7.89. The first-order valence-electron chi connectivity index (χ1n) is 8.65. The molecule has 0 bridgehead atoms. The molecular weight excluding hydrogens is 399 g/mol. The van der Waals surface area contributed by atoms with E-state index < -0.39 is 10.0 Å². The molecule has 1 aromatic heterocycles. The van der Waals surface area contributed by atoms with E-state index in [4.69, 9.17) is 4.74 Å². The molecule has 5 nitrogen and oxygen atoms in total. The molecule has 0 fully saturated rings. The number of benzene rings is 2. The Morgan fingerprint density at radius 1 is 1.18 bits per heavy atom. The van der Waals surface area contributed by atoms with Crippen LogP contribution in [0.25, 0.3) is 10.6 Å². The molecule has 0 saturated heterocycles. The number of hydrogen-bond donors (Lipinski definition) is 1. The number of methoxy groups -OCH3 is 1. The van der Waals surface area contributed by atoms with E-state index in [0.29, 0.717) is 22.7 Å². The second kappa shape index (κ2) is 8.38. The minimum Gasteiger partial charge on any atom is -0.495 e. The summed E-state index contributed by atoms with van der Waals surface area (Å²) >= 11 is 1.40. The summed E-state index contributed by atoms with van der Waals surface area (Å²) in [7, 11) is -2.26. The fourth-order valence-electron chi connectivity index (χ4n) is 2.70. The Kier molecular flexibility index (Phi) is 6.12. The molecule has 0 aliphatic carbocycles. The van der Waals surface area contributed by atoms with Crippen molar-refractivity contribution in [2.24, 2.45) is 0 Å². The molecule has 0 aliphatic heterocycles. The van der Waals surface area contributed by atoms with Gasteiger partial charge in [-0.3, -0.25) is 0 Å². The maximum absolute atomic E-state index is 13.4. The molecule has 148 valence electrons. The molecule has 3 aromatic rings. The third kappa shape index (κ3) is 4.57. The molecule has 0 radical (unpaired) electrons. The van der Waals surface area contributed by atoms with Crippen molar-refractivity contribution in [3.63, 3.8) is 0 Å². The summed E-state index contributed by atoms with van der Waals surface area (Å²) in [5.41, 5.74) is 3.29. The zero-order valence-corrected chi connectivity index (χ0v) is 17.5. The van der Waals surface area contributed by atoms with Crippen molar-refractivity contribution in [3.05, 3.63) is 64.4 Å². The minimum absolute atomic E-state index is 0.122. The van der Waals surface area contributed by atoms with E-state index >= 15 is 0 Å². The highest BCUT2D eigenvalue weighted by atomic mass is 32.2. The third-order valence-electron chi connectivity index (χ3n) is 4.37. The van der Waals surface area contributed by atoms with Gasteiger partial charge < -0.3 is 4.74 Å². The first-order chi connectivity index (χ1) is 13.3. The van der Waals surface area contributed by atoms with Crippen molar-refractivity contribution in [2.75, 3.05) is 13.7 Å². The summed E-state index contributed by atoms with van der Waals surface area (Å²) in [5.74, 6) is 0.00185. The maximum atomic E-state index is 13.4. The number of aryl methyl sites for hydroxylation is 2. The fraction of sp³-hybridized carbons (Fsp3) is 0.250. The monoisotopic (exact) mass is 420 g/mol. The predicted molar refractivity (Wildman–Crippen MR) is 109 cm³/mol. The van der Waals surface area contributed by atoms with Crippen molar-refractivity contribution in [1.82, 2.24) is 9.71 Å². The summed E-state index contributed by atoms with van der Waals surface area (Å²) < 4.78 is 46.6. The molecule has 1 N–H and O–H groups in total. The molecule has 0 unspecified atom stereocenters. The van der Waals surface area contributed by atoms with Gasteiger partial charge in [0, 0.05) is 23.9 Å². The van der Waals surface area contributed by atoms with Crippen LogP contribution in [0.4, 0.5) is 4.39 Å². The van der Waals surface area contributed by atoms with Crippen LogP contribution in [-0.2, 0) is 16.4 Å². The van der Waals surface area contributed by atoms with Gasteiger partial charge in [0.25, 0.3) is 0 Å². The number of hydrogen-bond acceptors (Lipinski definition) is 5. The van der Waals surface area contributed by atoms with Crippen LogP contribution in [0.3, 0.4) is 0 Å². The summed E-state index contributed by atoms with van der Waals surface area (Å²) in [5, 5.41) is 2.55. The third-order valence-corrected chi connectivity index (χ3v) is 6.79. The second-order valence-electron chi connectivity index (χ2n) is 6.39. The first-order valence-corrected chi connectivity index (χ1v) is 11.0. The Balaban J connectivity index is 1.69. The summed E-state index contributed by atoms with van der Waals surface area (Å²) in [4.78, 5) is 4.59. The molecule has 0 spiro atoms. The van der Waals surface area contributed by atoms with E-state index in [1.54, 1.807) is 24.3 Å². The van der Waals surface area contributed by atoms with Crippen LogP contribution in [0.15, 0.2) is 46.7 Å². The van der Waals surface area contributed by atoms with Crippen molar-refractivity contribution in [1.29, 1.82) is 0 Å². The number of nitrogens with zero attached hydrogens (tertiary/aromatic N) is 1. The first kappa shape index (κ1) is 20.4. The van der Waals surface area contributed by atoms with E-state index in [1.165, 1.54) is 30.6 Å². The average molecular weight is 421 g/mol. The quantitative estimate of drug-likeness (QED) is 0.625. The standard InChI is InChI=1S/C20H21FN2O3S2/c1-13-9-18(26-3)19(10-14(13)2)28(24,25)22-8-7-17-12-27-20(23-17)15-5-4-6-16(21)11-15/h4-6,9-12,22H,7-8H2,1-3H3. The van der Waals surface area contributed by atoms with Gasteiger partial charge in [-0.25, -0.2) is 22.5 Å². The van der Waals surface area contributed by atoms with Gasteiger partial charge in [0.15, 0.2) is 0 Å². The van der Waals surface area contributed by atoms with E-state index in [2.05, 4.69) is 9.71 Å². The van der Waals surface area contributed by atoms with Gasteiger partial charge in [-0.1, -0.05) is 12.1 Å². The van der Waals surface area contributed by atoms with Crippen LogP contribution in [0, 0.1) is 19.7 Å². The lowest BCUT2D eigenvalue weighted by molar-refractivity contribution is 0.402. The van der Waals surface area contributed by atoms with Gasteiger partial charge in [-0.2, -0.15) is 0 Å². The molecule has 28 heavy (non-hydrogen) atoms. The van der Waals surface area contributed by atoms with Crippen molar-refractivity contribution in [2.45, 2.75) is 25.2 Å². The summed E-state index contributed by atoms with van der Waals surface area (Å²) in [6, 6.07) is 9.57. The summed E-state index contributed by atoms with van der Waals surface area (Å²) in [6.45, 7) is 3.96. The molecule has 0 amide bonds. The van der Waals surface area contributed by atoms with Gasteiger partial charge in [0.2, 0.25) is 10.0 Å². The molecular formula is C20H21FN2O3S2. The van der Waals surface area contributed by atoms with E-state index in [0.717, 1.165) is 16.8 Å². The molecule has 8 heteroatoms. The number of aromatic nitrogens is 1. The highest BCUT2D eigenvalue weighted by Crippen LogP contribution is 2.27. The van der Waals surface area contributed by atoms with Crippen LogP contribution in [0.5, 0.6) is 5.75 Å². The minimum atomic E-state index is -3.71. The second-order valence-corrected chi connectivity index (χ2v) is 8.98. The number of rotatable bonds is 7. The van der Waals surface area contributed by atoms with Gasteiger partial charge in [0.05, 0.1) is 12.8 Å². The largest absolute Gasteiger partial charge is 0.495 e. The lowest BCUT2D eigenvalue weighted by atomic mass is 10.1. The lowest BCUT2D eigenvalue weighted by Crippen LogP contribution is -2.26. The van der Waals surface area contributed by atoms with Gasteiger partial charge in [-0.05, 0) is 49.2 Å². The Labute approximate surface area is 168 Å². The van der Waals surface area contributed by atoms with Crippen LogP contribution in [-0.4, -0.2) is 27.1 Å². The zero-order valence-electron chi connectivity index (χ0n) is 15.8. The lowest BCUT2D eigenvalue weighted by Gasteiger charge is -2.13. The Morgan fingerprint density at radius 2 is 1.93 bits per heavy atom. The molecule has 2 aromatic carbocycles. The van der Waals surface area contributed by atoms with E-state index in [1.807, 2.05) is 19.2 Å². The van der Waals surface area contributed by atoms with Gasteiger partial charge in [-0.15, -0.1) is 11.3 Å². The SMILES string of the molecule is COc1cc(C)c(C)cc1S(=O)(=O)NCCc1csc(-c2cccc(F)c2)n1. The van der Waals surface area contributed by atoms with Crippen LogP contribution in [0.1, 0.15) is 16.8 Å². The molecule has 0 saturated carbocycles. The van der Waals surface area contributed by atoms with Gasteiger partial charge >= 0.3 is 0 Å². The number of thiazole rings is 1. The van der Waals surface area contributed by atoms with E-state index in [-0.39, 0.29) is 17.3 Å². The molecule has 0 atom stereocenters. The Morgan fingerprint density at radius 3 is 2.64 bits per heavy atom.